The van der Waals surface area contributed by atoms with Gasteiger partial charge in [0.25, 0.3) is 5.91 Å². The maximum atomic E-state index is 12.1. The van der Waals surface area contributed by atoms with Crippen LogP contribution in [0.3, 0.4) is 0 Å². The molecule has 6 heteroatoms. The average Bonchev–Trinajstić information content (AvgIpc) is 3.31. The molecule has 1 saturated heterocycles. The number of amides is 2. The van der Waals surface area contributed by atoms with Crippen LogP contribution in [0.1, 0.15) is 23.3 Å². The lowest BCUT2D eigenvalue weighted by atomic mass is 10.2. The molecule has 6 nitrogen and oxygen atoms in total. The van der Waals surface area contributed by atoms with Crippen LogP contribution in [0, 0.1) is 5.92 Å². The highest BCUT2D eigenvalue weighted by Crippen LogP contribution is 2.31. The number of aromatic nitrogens is 2. The van der Waals surface area contributed by atoms with Crippen molar-refractivity contribution in [1.82, 2.24) is 19.8 Å². The smallest absolute Gasteiger partial charge is 0.274 e. The summed E-state index contributed by atoms with van der Waals surface area (Å²) < 4.78 is 0. The third-order valence-electron chi connectivity index (χ3n) is 3.59. The minimum absolute atomic E-state index is 0.105. The lowest BCUT2D eigenvalue weighted by molar-refractivity contribution is -0.134. The first kappa shape index (κ1) is 12.1. The molecule has 19 heavy (non-hydrogen) atoms. The molecule has 0 bridgehead atoms. The molecule has 1 aliphatic heterocycles. The number of nitrogens with zero attached hydrogens (tertiary/aromatic N) is 4. The summed E-state index contributed by atoms with van der Waals surface area (Å²) in [5, 5.41) is 0. The molecular weight excluding hydrogens is 244 g/mol. The van der Waals surface area contributed by atoms with Gasteiger partial charge in [-0.05, 0) is 12.8 Å². The summed E-state index contributed by atoms with van der Waals surface area (Å²) in [6.45, 7) is 2.41. The van der Waals surface area contributed by atoms with E-state index in [4.69, 9.17) is 0 Å². The minimum Gasteiger partial charge on any atom is -0.339 e. The second-order valence-corrected chi connectivity index (χ2v) is 4.98. The molecule has 0 spiro atoms. The van der Waals surface area contributed by atoms with Gasteiger partial charge in [0.15, 0.2) is 0 Å². The Labute approximate surface area is 111 Å². The predicted molar refractivity (Wildman–Crippen MR) is 67.2 cm³/mol. The Morgan fingerprint density at radius 1 is 1.05 bits per heavy atom. The van der Waals surface area contributed by atoms with Gasteiger partial charge >= 0.3 is 0 Å². The van der Waals surface area contributed by atoms with E-state index in [2.05, 4.69) is 9.97 Å². The number of hydrogen-bond donors (Lipinski definition) is 0. The van der Waals surface area contributed by atoms with Gasteiger partial charge in [0, 0.05) is 44.5 Å². The largest absolute Gasteiger partial charge is 0.339 e. The molecule has 0 radical (unpaired) electrons. The summed E-state index contributed by atoms with van der Waals surface area (Å²) in [4.78, 5) is 35.6. The van der Waals surface area contributed by atoms with Crippen LogP contribution in [0.4, 0.5) is 0 Å². The Kier molecular flexibility index (Phi) is 3.15. The van der Waals surface area contributed by atoms with Crippen LogP contribution in [0.5, 0.6) is 0 Å². The standard InChI is InChI=1S/C13H16N4O2/c18-12(10-1-2-10)16-5-7-17(8-6-16)13(19)11-9-14-3-4-15-11/h3-4,9-10H,1-2,5-8H2. The van der Waals surface area contributed by atoms with Gasteiger partial charge in [-0.2, -0.15) is 0 Å². The zero-order chi connectivity index (χ0) is 13.2. The van der Waals surface area contributed by atoms with E-state index in [1.54, 1.807) is 11.1 Å². The van der Waals surface area contributed by atoms with Crippen LogP contribution in [0.15, 0.2) is 18.6 Å². The predicted octanol–water partition coefficient (Wildman–Crippen LogP) is 0.171. The molecular formula is C13H16N4O2. The van der Waals surface area contributed by atoms with E-state index in [1.807, 2.05) is 4.90 Å². The lowest BCUT2D eigenvalue weighted by Gasteiger charge is -2.34. The third kappa shape index (κ3) is 2.57. The van der Waals surface area contributed by atoms with Crippen LogP contribution in [-0.2, 0) is 4.79 Å². The van der Waals surface area contributed by atoms with Gasteiger partial charge < -0.3 is 9.80 Å². The summed E-state index contributed by atoms with van der Waals surface area (Å²) in [7, 11) is 0. The van der Waals surface area contributed by atoms with Crippen molar-refractivity contribution in [3.8, 4) is 0 Å². The first-order chi connectivity index (χ1) is 9.25. The molecule has 1 aliphatic carbocycles. The van der Waals surface area contributed by atoms with Crippen molar-refractivity contribution >= 4 is 11.8 Å². The quantitative estimate of drug-likeness (QED) is 0.760. The molecule has 0 N–H and O–H groups in total. The monoisotopic (exact) mass is 260 g/mol. The number of rotatable bonds is 2. The Balaban J connectivity index is 1.58. The third-order valence-corrected chi connectivity index (χ3v) is 3.59. The van der Waals surface area contributed by atoms with Crippen LogP contribution in [0.25, 0.3) is 0 Å². The van der Waals surface area contributed by atoms with Crippen LogP contribution in [-0.4, -0.2) is 57.8 Å². The summed E-state index contributed by atoms with van der Waals surface area (Å²) in [5.74, 6) is 0.403. The fourth-order valence-electron chi connectivity index (χ4n) is 2.29. The van der Waals surface area contributed by atoms with Crippen molar-refractivity contribution in [1.29, 1.82) is 0 Å². The van der Waals surface area contributed by atoms with Crippen LogP contribution < -0.4 is 0 Å². The maximum absolute atomic E-state index is 12.1. The molecule has 2 fully saturated rings. The van der Waals surface area contributed by atoms with Crippen LogP contribution in [0.2, 0.25) is 0 Å². The number of hydrogen-bond acceptors (Lipinski definition) is 4. The molecule has 1 aromatic rings. The highest BCUT2D eigenvalue weighted by Gasteiger charge is 2.35. The van der Waals surface area contributed by atoms with E-state index >= 15 is 0 Å². The summed E-state index contributed by atoms with van der Waals surface area (Å²) in [6.07, 6.45) is 6.59. The topological polar surface area (TPSA) is 66.4 Å². The van der Waals surface area contributed by atoms with Crippen molar-refractivity contribution in [2.45, 2.75) is 12.8 Å². The molecule has 2 amide bonds. The Morgan fingerprint density at radius 3 is 2.32 bits per heavy atom. The molecule has 0 unspecified atom stereocenters. The molecule has 100 valence electrons. The minimum atomic E-state index is -0.105. The first-order valence-electron chi connectivity index (χ1n) is 6.60. The van der Waals surface area contributed by atoms with E-state index < -0.39 is 0 Å². The molecule has 2 aliphatic rings. The zero-order valence-corrected chi connectivity index (χ0v) is 10.7. The van der Waals surface area contributed by atoms with Crippen molar-refractivity contribution in [2.75, 3.05) is 26.2 Å². The summed E-state index contributed by atoms with van der Waals surface area (Å²) in [6, 6.07) is 0. The fraction of sp³-hybridized carbons (Fsp3) is 0.538. The van der Waals surface area contributed by atoms with Gasteiger partial charge in [-0.3, -0.25) is 14.6 Å². The summed E-state index contributed by atoms with van der Waals surface area (Å²) >= 11 is 0. The number of carbonyl (C=O) groups excluding carboxylic acids is 2. The second-order valence-electron chi connectivity index (χ2n) is 4.98. The normalized spacial score (nSPS) is 19.4. The van der Waals surface area contributed by atoms with E-state index in [0.29, 0.717) is 31.9 Å². The highest BCUT2D eigenvalue weighted by molar-refractivity contribution is 5.92. The fourth-order valence-corrected chi connectivity index (χ4v) is 2.29. The van der Waals surface area contributed by atoms with Gasteiger partial charge in [-0.15, -0.1) is 0 Å². The number of carbonyl (C=O) groups is 2. The average molecular weight is 260 g/mol. The molecule has 2 heterocycles. The lowest BCUT2D eigenvalue weighted by Crippen LogP contribution is -2.51. The molecule has 3 rings (SSSR count). The van der Waals surface area contributed by atoms with Gasteiger partial charge in [0.05, 0.1) is 6.20 Å². The zero-order valence-electron chi connectivity index (χ0n) is 10.7. The number of piperazine rings is 1. The molecule has 1 saturated carbocycles. The summed E-state index contributed by atoms with van der Waals surface area (Å²) in [5.41, 5.74) is 0.365. The SMILES string of the molecule is O=C(c1cnccn1)N1CCN(C(=O)C2CC2)CC1. The van der Waals surface area contributed by atoms with E-state index in [1.165, 1.54) is 12.4 Å². The Hall–Kier alpha value is -1.98. The molecule has 0 atom stereocenters. The van der Waals surface area contributed by atoms with Gasteiger partial charge in [-0.25, -0.2) is 4.98 Å². The van der Waals surface area contributed by atoms with E-state index in [-0.39, 0.29) is 17.7 Å². The van der Waals surface area contributed by atoms with Gasteiger partial charge in [-0.1, -0.05) is 0 Å². The van der Waals surface area contributed by atoms with Crippen molar-refractivity contribution in [3.05, 3.63) is 24.3 Å². The Bertz CT molecular complexity index is 479. The van der Waals surface area contributed by atoms with Crippen molar-refractivity contribution in [3.63, 3.8) is 0 Å². The van der Waals surface area contributed by atoms with Crippen molar-refractivity contribution in [2.24, 2.45) is 5.92 Å². The molecule has 0 aromatic carbocycles. The van der Waals surface area contributed by atoms with Gasteiger partial charge in [0.2, 0.25) is 5.91 Å². The second kappa shape index (κ2) is 4.95. The Morgan fingerprint density at radius 2 is 1.74 bits per heavy atom. The van der Waals surface area contributed by atoms with E-state index in [0.717, 1.165) is 12.8 Å². The van der Waals surface area contributed by atoms with E-state index in [9.17, 15) is 9.59 Å². The van der Waals surface area contributed by atoms with Crippen molar-refractivity contribution < 1.29 is 9.59 Å². The van der Waals surface area contributed by atoms with Gasteiger partial charge in [0.1, 0.15) is 5.69 Å². The van der Waals surface area contributed by atoms with Crippen LogP contribution >= 0.6 is 0 Å². The maximum Gasteiger partial charge on any atom is 0.274 e. The highest BCUT2D eigenvalue weighted by atomic mass is 16.2. The molecule has 1 aromatic heterocycles. The first-order valence-corrected chi connectivity index (χ1v) is 6.60.